The van der Waals surface area contributed by atoms with Gasteiger partial charge >= 0.3 is 0 Å². The first-order valence-electron chi connectivity index (χ1n) is 8.43. The highest BCUT2D eigenvalue weighted by atomic mass is 35.5. The predicted molar refractivity (Wildman–Crippen MR) is 107 cm³/mol. The molecule has 1 aliphatic rings. The number of hydrogen-bond donors (Lipinski definition) is 2. The zero-order valence-electron chi connectivity index (χ0n) is 15.1. The van der Waals surface area contributed by atoms with Crippen LogP contribution in [0.2, 0.25) is 0 Å². The number of ether oxygens (including phenoxy) is 1. The van der Waals surface area contributed by atoms with Crippen molar-refractivity contribution in [3.8, 4) is 0 Å². The maximum atomic E-state index is 12.4. The van der Waals surface area contributed by atoms with Crippen LogP contribution in [0.4, 0.5) is 0 Å². The van der Waals surface area contributed by atoms with Gasteiger partial charge in [-0.3, -0.25) is 4.79 Å². The van der Waals surface area contributed by atoms with Crippen molar-refractivity contribution in [1.82, 2.24) is 15.5 Å². The lowest BCUT2D eigenvalue weighted by Crippen LogP contribution is -2.54. The maximum Gasteiger partial charge on any atom is 0.252 e. The summed E-state index contributed by atoms with van der Waals surface area (Å²) < 4.78 is 5.54. The fourth-order valence-corrected chi connectivity index (χ4v) is 3.04. The fraction of sp³-hybridized carbons (Fsp3) is 0.611. The highest BCUT2D eigenvalue weighted by Crippen LogP contribution is 2.22. The number of piperidine rings is 1. The minimum absolute atomic E-state index is 0. The van der Waals surface area contributed by atoms with Crippen LogP contribution in [0.25, 0.3) is 0 Å². The summed E-state index contributed by atoms with van der Waals surface area (Å²) in [6.45, 7) is 4.25. The molecule has 0 unspecified atom stereocenters. The van der Waals surface area contributed by atoms with Crippen molar-refractivity contribution in [3.63, 3.8) is 0 Å². The summed E-state index contributed by atoms with van der Waals surface area (Å²) in [7, 11) is 3.75. The number of benzene rings is 1. The van der Waals surface area contributed by atoms with E-state index in [0.717, 1.165) is 45.4 Å². The molecule has 144 valence electrons. The third-order valence-electron chi connectivity index (χ3n) is 4.51. The van der Waals surface area contributed by atoms with Crippen molar-refractivity contribution in [2.45, 2.75) is 31.4 Å². The van der Waals surface area contributed by atoms with Crippen LogP contribution >= 0.6 is 24.8 Å². The number of methoxy groups -OCH3 is 1. The third-order valence-corrected chi connectivity index (χ3v) is 4.51. The number of nitrogens with zero attached hydrogens (tertiary/aromatic N) is 1. The molecule has 2 N–H and O–H groups in total. The van der Waals surface area contributed by atoms with Gasteiger partial charge in [-0.05, 0) is 51.5 Å². The van der Waals surface area contributed by atoms with E-state index in [4.69, 9.17) is 4.74 Å². The van der Waals surface area contributed by atoms with Gasteiger partial charge in [-0.25, -0.2) is 0 Å². The average Bonchev–Trinajstić information content (AvgIpc) is 2.60. The molecule has 0 bridgehead atoms. The third kappa shape index (κ3) is 7.50. The lowest BCUT2D eigenvalue weighted by Gasteiger charge is -2.34. The summed E-state index contributed by atoms with van der Waals surface area (Å²) in [6.07, 6.45) is 2.42. The van der Waals surface area contributed by atoms with Crippen molar-refractivity contribution in [3.05, 3.63) is 35.9 Å². The van der Waals surface area contributed by atoms with Crippen LogP contribution in [-0.2, 0) is 16.1 Å². The second-order valence-electron chi connectivity index (χ2n) is 6.28. The number of rotatable bonds is 8. The summed E-state index contributed by atoms with van der Waals surface area (Å²) in [5.74, 6) is 0.0345. The molecule has 1 aromatic rings. The maximum absolute atomic E-state index is 12.4. The minimum Gasteiger partial charge on any atom is -0.368 e. The smallest absolute Gasteiger partial charge is 0.252 e. The zero-order chi connectivity index (χ0) is 16.5. The van der Waals surface area contributed by atoms with E-state index in [1.165, 1.54) is 5.56 Å². The summed E-state index contributed by atoms with van der Waals surface area (Å²) >= 11 is 0. The Kier molecular flexibility index (Phi) is 12.1. The number of carbonyl (C=O) groups excluding carboxylic acids is 1. The molecule has 1 aliphatic heterocycles. The number of halogens is 2. The molecular formula is C18H31Cl2N3O2. The highest BCUT2D eigenvalue weighted by molar-refractivity contribution is 5.86. The minimum atomic E-state index is -0.638. The van der Waals surface area contributed by atoms with Crippen LogP contribution in [-0.4, -0.2) is 56.7 Å². The van der Waals surface area contributed by atoms with Gasteiger partial charge in [0.05, 0.1) is 0 Å². The van der Waals surface area contributed by atoms with E-state index in [2.05, 4.69) is 46.8 Å². The van der Waals surface area contributed by atoms with E-state index in [-0.39, 0.29) is 30.7 Å². The zero-order valence-corrected chi connectivity index (χ0v) is 16.8. The molecule has 0 saturated carbocycles. The van der Waals surface area contributed by atoms with Crippen molar-refractivity contribution in [2.75, 3.05) is 40.3 Å². The van der Waals surface area contributed by atoms with Crippen LogP contribution in [0.1, 0.15) is 24.8 Å². The van der Waals surface area contributed by atoms with Gasteiger partial charge in [-0.2, -0.15) is 0 Å². The van der Waals surface area contributed by atoms with Gasteiger partial charge < -0.3 is 20.3 Å². The average molecular weight is 392 g/mol. The van der Waals surface area contributed by atoms with Crippen molar-refractivity contribution in [2.24, 2.45) is 0 Å². The van der Waals surface area contributed by atoms with Gasteiger partial charge in [0.2, 0.25) is 0 Å². The molecule has 0 spiro atoms. The standard InChI is InChI=1S/C18H29N3O2.2ClH/c1-21(15-16-7-4-3-5-8-16)14-6-11-20-17(22)18(23-2)9-12-19-13-10-18;;/h3-5,7-8,19H,6,9-15H2,1-2H3,(H,20,22);2*1H. The number of hydrogen-bond acceptors (Lipinski definition) is 4. The Morgan fingerprint density at radius 2 is 1.88 bits per heavy atom. The number of amides is 1. The van der Waals surface area contributed by atoms with Crippen molar-refractivity contribution in [1.29, 1.82) is 0 Å². The molecule has 5 nitrogen and oxygen atoms in total. The van der Waals surface area contributed by atoms with Gasteiger partial charge in [0.1, 0.15) is 5.60 Å². The molecular weight excluding hydrogens is 361 g/mol. The second kappa shape index (κ2) is 12.5. The molecule has 0 aromatic heterocycles. The quantitative estimate of drug-likeness (QED) is 0.667. The SMILES string of the molecule is COC1(C(=O)NCCCN(C)Cc2ccccc2)CCNCC1.Cl.Cl. The Hall–Kier alpha value is -0.850. The van der Waals surface area contributed by atoms with Crippen LogP contribution < -0.4 is 10.6 Å². The molecule has 0 atom stereocenters. The highest BCUT2D eigenvalue weighted by Gasteiger charge is 2.39. The molecule has 1 heterocycles. The monoisotopic (exact) mass is 391 g/mol. The molecule has 2 rings (SSSR count). The number of carbonyl (C=O) groups is 1. The fourth-order valence-electron chi connectivity index (χ4n) is 3.04. The Bertz CT molecular complexity index is 482. The lowest BCUT2D eigenvalue weighted by atomic mass is 9.91. The molecule has 1 saturated heterocycles. The van der Waals surface area contributed by atoms with Crippen molar-refractivity contribution >= 4 is 30.7 Å². The Morgan fingerprint density at radius 1 is 1.24 bits per heavy atom. The predicted octanol–water partition coefficient (Wildman–Crippen LogP) is 2.24. The van der Waals surface area contributed by atoms with E-state index in [0.29, 0.717) is 6.54 Å². The van der Waals surface area contributed by atoms with Crippen LogP contribution in [0.15, 0.2) is 30.3 Å². The largest absolute Gasteiger partial charge is 0.368 e. The molecule has 1 amide bonds. The summed E-state index contributed by atoms with van der Waals surface area (Å²) in [6, 6.07) is 10.4. The van der Waals surface area contributed by atoms with Gasteiger partial charge in [-0.15, -0.1) is 24.8 Å². The summed E-state index contributed by atoms with van der Waals surface area (Å²) in [4.78, 5) is 14.7. The summed E-state index contributed by atoms with van der Waals surface area (Å²) in [5.41, 5.74) is 0.674. The molecule has 1 aromatic carbocycles. The van der Waals surface area contributed by atoms with Crippen LogP contribution in [0.3, 0.4) is 0 Å². The van der Waals surface area contributed by atoms with Crippen LogP contribution in [0, 0.1) is 0 Å². The molecule has 1 fully saturated rings. The Morgan fingerprint density at radius 3 is 2.48 bits per heavy atom. The molecule has 25 heavy (non-hydrogen) atoms. The Balaban J connectivity index is 0.00000288. The first-order valence-corrected chi connectivity index (χ1v) is 8.43. The first kappa shape index (κ1) is 24.1. The van der Waals surface area contributed by atoms with Crippen molar-refractivity contribution < 1.29 is 9.53 Å². The van der Waals surface area contributed by atoms with Gasteiger partial charge in [0.25, 0.3) is 5.91 Å². The van der Waals surface area contributed by atoms with E-state index in [1.807, 2.05) is 6.07 Å². The first-order chi connectivity index (χ1) is 11.2. The topological polar surface area (TPSA) is 53.6 Å². The molecule has 0 aliphatic carbocycles. The number of nitrogens with one attached hydrogen (secondary N) is 2. The second-order valence-corrected chi connectivity index (χ2v) is 6.28. The Labute approximate surface area is 163 Å². The van der Waals surface area contributed by atoms with Gasteiger partial charge in [0, 0.05) is 20.2 Å². The van der Waals surface area contributed by atoms with E-state index < -0.39 is 5.60 Å². The van der Waals surface area contributed by atoms with E-state index in [1.54, 1.807) is 7.11 Å². The normalized spacial score (nSPS) is 15.8. The van der Waals surface area contributed by atoms with E-state index >= 15 is 0 Å². The summed E-state index contributed by atoms with van der Waals surface area (Å²) in [5, 5.41) is 6.31. The lowest BCUT2D eigenvalue weighted by molar-refractivity contribution is -0.146. The van der Waals surface area contributed by atoms with Gasteiger partial charge in [0.15, 0.2) is 0 Å². The molecule has 0 radical (unpaired) electrons. The van der Waals surface area contributed by atoms with Gasteiger partial charge in [-0.1, -0.05) is 30.3 Å². The van der Waals surface area contributed by atoms with Crippen LogP contribution in [0.5, 0.6) is 0 Å². The molecule has 7 heteroatoms. The van der Waals surface area contributed by atoms with E-state index in [9.17, 15) is 4.79 Å².